The van der Waals surface area contributed by atoms with Gasteiger partial charge in [0, 0.05) is 12.5 Å². The third kappa shape index (κ3) is 2.57. The van der Waals surface area contributed by atoms with Crippen LogP contribution < -0.4 is 5.32 Å². The van der Waals surface area contributed by atoms with Gasteiger partial charge in [-0.15, -0.1) is 0 Å². The van der Waals surface area contributed by atoms with Gasteiger partial charge >= 0.3 is 0 Å². The molecule has 22 heavy (non-hydrogen) atoms. The van der Waals surface area contributed by atoms with Crippen molar-refractivity contribution < 1.29 is 9.32 Å². The SMILES string of the molecule is CC(=O)NC(C)(C)c1noc(-c2cccc3ccccc23)n1. The molecule has 3 rings (SSSR count). The molecule has 0 bridgehead atoms. The fourth-order valence-corrected chi connectivity index (χ4v) is 2.49. The standard InChI is InChI=1S/C17H17N3O2/c1-11(21)19-17(2,3)16-18-15(22-20-16)14-10-6-8-12-7-4-5-9-13(12)14/h4-10H,1-3H3,(H,19,21). The molecule has 5 nitrogen and oxygen atoms in total. The topological polar surface area (TPSA) is 68.0 Å². The number of benzene rings is 2. The van der Waals surface area contributed by atoms with Crippen molar-refractivity contribution in [2.24, 2.45) is 0 Å². The van der Waals surface area contributed by atoms with Crippen molar-refractivity contribution in [2.45, 2.75) is 26.3 Å². The van der Waals surface area contributed by atoms with E-state index in [1.54, 1.807) is 0 Å². The molecule has 0 radical (unpaired) electrons. The summed E-state index contributed by atoms with van der Waals surface area (Å²) in [6, 6.07) is 14.0. The summed E-state index contributed by atoms with van der Waals surface area (Å²) in [6.07, 6.45) is 0. The van der Waals surface area contributed by atoms with Gasteiger partial charge < -0.3 is 9.84 Å². The Morgan fingerprint density at radius 2 is 1.86 bits per heavy atom. The molecule has 0 aliphatic rings. The van der Waals surface area contributed by atoms with Crippen LogP contribution in [0.2, 0.25) is 0 Å². The summed E-state index contributed by atoms with van der Waals surface area (Å²) in [5, 5.41) is 9.00. The number of hydrogen-bond acceptors (Lipinski definition) is 4. The normalized spacial score (nSPS) is 11.6. The van der Waals surface area contributed by atoms with Crippen molar-refractivity contribution in [3.05, 3.63) is 48.3 Å². The van der Waals surface area contributed by atoms with E-state index < -0.39 is 5.54 Å². The van der Waals surface area contributed by atoms with Gasteiger partial charge in [0.15, 0.2) is 5.82 Å². The molecule has 0 aliphatic heterocycles. The second-order valence-electron chi connectivity index (χ2n) is 5.76. The Kier molecular flexibility index (Phi) is 3.41. The maximum absolute atomic E-state index is 11.3. The number of aromatic nitrogens is 2. The number of nitrogens with one attached hydrogen (secondary N) is 1. The Hall–Kier alpha value is -2.69. The van der Waals surface area contributed by atoms with Crippen LogP contribution >= 0.6 is 0 Å². The average Bonchev–Trinajstić information content (AvgIpc) is 2.96. The molecule has 0 fully saturated rings. The van der Waals surface area contributed by atoms with E-state index in [1.165, 1.54) is 6.92 Å². The molecule has 1 N–H and O–H groups in total. The van der Waals surface area contributed by atoms with E-state index in [1.807, 2.05) is 56.3 Å². The van der Waals surface area contributed by atoms with Crippen LogP contribution in [0.1, 0.15) is 26.6 Å². The van der Waals surface area contributed by atoms with Crippen LogP contribution in [0.4, 0.5) is 0 Å². The van der Waals surface area contributed by atoms with Crippen LogP contribution in [-0.4, -0.2) is 16.0 Å². The minimum atomic E-state index is -0.682. The smallest absolute Gasteiger partial charge is 0.258 e. The summed E-state index contributed by atoms with van der Waals surface area (Å²) in [5.74, 6) is 0.761. The zero-order chi connectivity index (χ0) is 15.7. The molecular formula is C17H17N3O2. The number of amides is 1. The van der Waals surface area contributed by atoms with E-state index in [0.717, 1.165) is 16.3 Å². The molecule has 1 amide bonds. The quantitative estimate of drug-likeness (QED) is 0.805. The molecule has 3 aromatic rings. The Labute approximate surface area is 128 Å². The van der Waals surface area contributed by atoms with Gasteiger partial charge in [0.05, 0.1) is 5.54 Å². The van der Waals surface area contributed by atoms with E-state index in [4.69, 9.17) is 4.52 Å². The summed E-state index contributed by atoms with van der Waals surface area (Å²) >= 11 is 0. The fourth-order valence-electron chi connectivity index (χ4n) is 2.49. The molecule has 0 atom stereocenters. The number of hydrogen-bond donors (Lipinski definition) is 1. The van der Waals surface area contributed by atoms with Crippen LogP contribution in [0.5, 0.6) is 0 Å². The Balaban J connectivity index is 2.05. The predicted octanol–water partition coefficient (Wildman–Crippen LogP) is 3.26. The maximum Gasteiger partial charge on any atom is 0.258 e. The monoisotopic (exact) mass is 295 g/mol. The molecule has 5 heteroatoms. The summed E-state index contributed by atoms with van der Waals surface area (Å²) < 4.78 is 5.41. The number of nitrogens with zero attached hydrogens (tertiary/aromatic N) is 2. The lowest BCUT2D eigenvalue weighted by atomic mass is 10.0. The van der Waals surface area contributed by atoms with Crippen molar-refractivity contribution >= 4 is 16.7 Å². The van der Waals surface area contributed by atoms with Crippen molar-refractivity contribution in [1.82, 2.24) is 15.5 Å². The van der Waals surface area contributed by atoms with E-state index >= 15 is 0 Å². The number of fused-ring (bicyclic) bond motifs is 1. The molecule has 112 valence electrons. The van der Waals surface area contributed by atoms with Gasteiger partial charge in [-0.25, -0.2) is 0 Å². The summed E-state index contributed by atoms with van der Waals surface area (Å²) in [5.41, 5.74) is 0.202. The number of rotatable bonds is 3. The van der Waals surface area contributed by atoms with Crippen LogP contribution in [0.3, 0.4) is 0 Å². The van der Waals surface area contributed by atoms with Crippen molar-refractivity contribution in [3.63, 3.8) is 0 Å². The van der Waals surface area contributed by atoms with Crippen molar-refractivity contribution in [1.29, 1.82) is 0 Å². The molecule has 0 unspecified atom stereocenters. The van der Waals surface area contributed by atoms with Crippen molar-refractivity contribution in [3.8, 4) is 11.5 Å². The van der Waals surface area contributed by atoms with E-state index in [-0.39, 0.29) is 5.91 Å². The van der Waals surface area contributed by atoms with Gasteiger partial charge in [0.1, 0.15) is 0 Å². The largest absolute Gasteiger partial charge is 0.344 e. The van der Waals surface area contributed by atoms with Gasteiger partial charge in [-0.05, 0) is 30.7 Å². The summed E-state index contributed by atoms with van der Waals surface area (Å²) in [4.78, 5) is 15.7. The third-order valence-corrected chi connectivity index (χ3v) is 3.49. The van der Waals surface area contributed by atoms with E-state index in [0.29, 0.717) is 11.7 Å². The first-order chi connectivity index (χ1) is 10.5. The molecule has 0 aliphatic carbocycles. The van der Waals surface area contributed by atoms with E-state index in [9.17, 15) is 4.79 Å². The summed E-state index contributed by atoms with van der Waals surface area (Å²) in [7, 11) is 0. The molecule has 0 spiro atoms. The molecule has 1 aromatic heterocycles. The Bertz CT molecular complexity index is 831. The second-order valence-corrected chi connectivity index (χ2v) is 5.76. The maximum atomic E-state index is 11.3. The van der Waals surface area contributed by atoms with Gasteiger partial charge in [-0.1, -0.05) is 41.6 Å². The predicted molar refractivity (Wildman–Crippen MR) is 84.1 cm³/mol. The molecule has 0 saturated carbocycles. The fraction of sp³-hybridized carbons (Fsp3) is 0.235. The molecular weight excluding hydrogens is 278 g/mol. The second kappa shape index (κ2) is 5.26. The molecule has 1 heterocycles. The molecule has 0 saturated heterocycles. The highest BCUT2D eigenvalue weighted by atomic mass is 16.5. The lowest BCUT2D eigenvalue weighted by Crippen LogP contribution is -2.40. The van der Waals surface area contributed by atoms with Crippen LogP contribution in [0.15, 0.2) is 47.0 Å². The third-order valence-electron chi connectivity index (χ3n) is 3.49. The van der Waals surface area contributed by atoms with Crippen LogP contribution in [0.25, 0.3) is 22.2 Å². The zero-order valence-corrected chi connectivity index (χ0v) is 12.8. The van der Waals surface area contributed by atoms with Gasteiger partial charge in [0.2, 0.25) is 5.91 Å². The van der Waals surface area contributed by atoms with Crippen molar-refractivity contribution in [2.75, 3.05) is 0 Å². The minimum absolute atomic E-state index is 0.137. The first-order valence-electron chi connectivity index (χ1n) is 7.08. The highest BCUT2D eigenvalue weighted by molar-refractivity contribution is 5.94. The highest BCUT2D eigenvalue weighted by Gasteiger charge is 2.28. The first-order valence-corrected chi connectivity index (χ1v) is 7.08. The van der Waals surface area contributed by atoms with Crippen LogP contribution in [0, 0.1) is 0 Å². The molecule has 2 aromatic carbocycles. The summed E-state index contributed by atoms with van der Waals surface area (Å²) in [6.45, 7) is 5.14. The van der Waals surface area contributed by atoms with Gasteiger partial charge in [-0.2, -0.15) is 4.98 Å². The Morgan fingerprint density at radius 1 is 1.14 bits per heavy atom. The highest BCUT2D eigenvalue weighted by Crippen LogP contribution is 2.28. The first kappa shape index (κ1) is 14.3. The Morgan fingerprint density at radius 3 is 2.64 bits per heavy atom. The average molecular weight is 295 g/mol. The lowest BCUT2D eigenvalue weighted by molar-refractivity contribution is -0.120. The zero-order valence-electron chi connectivity index (χ0n) is 12.8. The van der Waals surface area contributed by atoms with E-state index in [2.05, 4.69) is 15.5 Å². The minimum Gasteiger partial charge on any atom is -0.344 e. The van der Waals surface area contributed by atoms with Gasteiger partial charge in [-0.3, -0.25) is 4.79 Å². The van der Waals surface area contributed by atoms with Gasteiger partial charge in [0.25, 0.3) is 5.89 Å². The number of carbonyl (C=O) groups is 1. The number of carbonyl (C=O) groups excluding carboxylic acids is 1. The lowest BCUT2D eigenvalue weighted by Gasteiger charge is -2.20. The van der Waals surface area contributed by atoms with Crippen LogP contribution in [-0.2, 0) is 10.3 Å².